The molecule has 0 radical (unpaired) electrons. The maximum absolute atomic E-state index is 14.5. The van der Waals surface area contributed by atoms with Crippen molar-refractivity contribution in [3.63, 3.8) is 0 Å². The van der Waals surface area contributed by atoms with Crippen LogP contribution >= 0.6 is 0 Å². The maximum atomic E-state index is 14.5. The van der Waals surface area contributed by atoms with Crippen LogP contribution in [0.5, 0.6) is 0 Å². The average molecular weight is 675 g/mol. The zero-order valence-corrected chi connectivity index (χ0v) is 28.5. The molecule has 2 atom stereocenters. The highest BCUT2D eigenvalue weighted by atomic mass is 16.5. The molecular formula is C38H42N8O4. The summed E-state index contributed by atoms with van der Waals surface area (Å²) in [5.41, 5.74) is 4.29. The Bertz CT molecular complexity index is 1950. The molecule has 2 saturated heterocycles. The lowest BCUT2D eigenvalue weighted by Crippen LogP contribution is -2.71. The fraction of sp³-hybridized carbons (Fsp3) is 0.395. The molecule has 2 aromatic carbocycles. The summed E-state index contributed by atoms with van der Waals surface area (Å²) in [6.45, 7) is 9.70. The molecule has 5 heterocycles. The number of anilines is 1. The third-order valence-corrected chi connectivity index (χ3v) is 10.6. The molecule has 4 aliphatic rings. The Hall–Kier alpha value is -5.07. The molecule has 3 amide bonds. The number of carbonyl (C=O) groups is 3. The number of para-hydroxylation sites is 1. The molecule has 0 bridgehead atoms. The van der Waals surface area contributed by atoms with E-state index in [2.05, 4.69) is 21.9 Å². The first-order valence-electron chi connectivity index (χ1n) is 17.4. The number of likely N-dealkylation sites (N-methyl/N-ethyl adjacent to an activating group) is 2. The Morgan fingerprint density at radius 1 is 1.10 bits per heavy atom. The summed E-state index contributed by atoms with van der Waals surface area (Å²) in [5.74, 6) is -0.610. The molecule has 2 aromatic heterocycles. The van der Waals surface area contributed by atoms with Crippen molar-refractivity contribution in [2.45, 2.75) is 56.3 Å². The van der Waals surface area contributed by atoms with Crippen molar-refractivity contribution in [3.05, 3.63) is 108 Å². The number of aromatic nitrogens is 4. The standard InChI is InChI=1S/C38H42N8O4/c1-4-44-35-30(20-39-46(35)29-11-6-5-7-12-29)32(33(37(44)49)40-34(47)31-15-17-45(41-31)28-13-14-28)27-10-8-9-26(19-27)22-42(3)36(48)25(2)21-43-18-16-38(43)23-50-24-38/h5-12,15,17,19-20,28,32-33H,2,4,13-14,16,18,21-24H2,1,3H3,(H,40,47)/t32-,33+/m1/s1. The van der Waals surface area contributed by atoms with Gasteiger partial charge in [0.15, 0.2) is 0 Å². The smallest absolute Gasteiger partial charge is 0.272 e. The van der Waals surface area contributed by atoms with Crippen LogP contribution in [0.1, 0.15) is 65.3 Å². The Balaban J connectivity index is 1.10. The summed E-state index contributed by atoms with van der Waals surface area (Å²) in [6.07, 6.45) is 6.81. The predicted octanol–water partition coefficient (Wildman–Crippen LogP) is 3.69. The quantitative estimate of drug-likeness (QED) is 0.241. The molecular weight excluding hydrogens is 632 g/mol. The molecule has 0 unspecified atom stereocenters. The monoisotopic (exact) mass is 674 g/mol. The van der Waals surface area contributed by atoms with Gasteiger partial charge in [0.05, 0.1) is 36.7 Å². The van der Waals surface area contributed by atoms with Gasteiger partial charge in [-0.25, -0.2) is 4.68 Å². The zero-order valence-electron chi connectivity index (χ0n) is 28.5. The fourth-order valence-corrected chi connectivity index (χ4v) is 7.53. The van der Waals surface area contributed by atoms with E-state index in [-0.39, 0.29) is 23.0 Å². The Labute approximate surface area is 291 Å². The van der Waals surface area contributed by atoms with E-state index in [9.17, 15) is 14.4 Å². The van der Waals surface area contributed by atoms with Gasteiger partial charge >= 0.3 is 0 Å². The van der Waals surface area contributed by atoms with Gasteiger partial charge < -0.3 is 15.0 Å². The van der Waals surface area contributed by atoms with Crippen LogP contribution in [0, 0.1) is 0 Å². The predicted molar refractivity (Wildman–Crippen MR) is 187 cm³/mol. The number of hydrogen-bond acceptors (Lipinski definition) is 7. The summed E-state index contributed by atoms with van der Waals surface area (Å²) in [7, 11) is 1.79. The minimum absolute atomic E-state index is 0.0806. The van der Waals surface area contributed by atoms with E-state index in [1.54, 1.807) is 33.8 Å². The molecule has 12 heteroatoms. The molecule has 12 nitrogen and oxygen atoms in total. The number of hydrogen-bond donors (Lipinski definition) is 1. The van der Waals surface area contributed by atoms with E-state index >= 15 is 0 Å². The number of nitrogens with one attached hydrogen (secondary N) is 1. The van der Waals surface area contributed by atoms with Gasteiger partial charge in [0, 0.05) is 56.5 Å². The molecule has 3 fully saturated rings. The van der Waals surface area contributed by atoms with Gasteiger partial charge in [0.2, 0.25) is 0 Å². The number of ether oxygens (including phenoxy) is 1. The highest BCUT2D eigenvalue weighted by Crippen LogP contribution is 2.42. The normalized spacial score (nSPS) is 20.9. The lowest BCUT2D eigenvalue weighted by atomic mass is 9.81. The first-order chi connectivity index (χ1) is 24.3. The average Bonchev–Trinajstić information content (AvgIpc) is 3.66. The van der Waals surface area contributed by atoms with Crippen LogP contribution < -0.4 is 10.2 Å². The first kappa shape index (κ1) is 32.2. The Morgan fingerprint density at radius 2 is 1.90 bits per heavy atom. The molecule has 1 saturated carbocycles. The van der Waals surface area contributed by atoms with Crippen LogP contribution in [0.3, 0.4) is 0 Å². The van der Waals surface area contributed by atoms with Crippen molar-refractivity contribution in [2.24, 2.45) is 0 Å². The molecule has 4 aromatic rings. The van der Waals surface area contributed by atoms with Gasteiger partial charge in [-0.2, -0.15) is 10.2 Å². The summed E-state index contributed by atoms with van der Waals surface area (Å²) in [5, 5.41) is 12.4. The molecule has 50 heavy (non-hydrogen) atoms. The minimum Gasteiger partial charge on any atom is -0.377 e. The largest absolute Gasteiger partial charge is 0.377 e. The lowest BCUT2D eigenvalue weighted by molar-refractivity contribution is -0.189. The number of carbonyl (C=O) groups excluding carboxylic acids is 3. The molecule has 3 aliphatic heterocycles. The number of amides is 3. The Kier molecular flexibility index (Phi) is 8.15. The zero-order chi connectivity index (χ0) is 34.6. The lowest BCUT2D eigenvalue weighted by Gasteiger charge is -2.57. The summed E-state index contributed by atoms with van der Waals surface area (Å²) in [4.78, 5) is 47.3. The van der Waals surface area contributed by atoms with Crippen LogP contribution in [0.25, 0.3) is 5.69 Å². The van der Waals surface area contributed by atoms with Crippen LogP contribution in [-0.2, 0) is 20.9 Å². The van der Waals surface area contributed by atoms with Gasteiger partial charge in [-0.05, 0) is 55.5 Å². The second-order valence-electron chi connectivity index (χ2n) is 14.0. The highest BCUT2D eigenvalue weighted by molar-refractivity contribution is 6.04. The number of rotatable bonds is 11. The van der Waals surface area contributed by atoms with Crippen molar-refractivity contribution in [1.82, 2.24) is 34.7 Å². The number of likely N-dealkylation sites (tertiary alicyclic amines) is 1. The Morgan fingerprint density at radius 3 is 2.58 bits per heavy atom. The van der Waals surface area contributed by atoms with Crippen LogP contribution in [0.2, 0.25) is 0 Å². The van der Waals surface area contributed by atoms with Crippen molar-refractivity contribution in [1.29, 1.82) is 0 Å². The van der Waals surface area contributed by atoms with Gasteiger partial charge in [-0.1, -0.05) is 49.0 Å². The van der Waals surface area contributed by atoms with Gasteiger partial charge in [0.1, 0.15) is 17.6 Å². The maximum Gasteiger partial charge on any atom is 0.272 e. The van der Waals surface area contributed by atoms with Crippen LogP contribution in [-0.4, -0.2) is 98.6 Å². The molecule has 1 aliphatic carbocycles. The van der Waals surface area contributed by atoms with Crippen LogP contribution in [0.4, 0.5) is 5.82 Å². The van der Waals surface area contributed by atoms with Crippen molar-refractivity contribution < 1.29 is 19.1 Å². The van der Waals surface area contributed by atoms with Crippen molar-refractivity contribution in [2.75, 3.05) is 44.8 Å². The number of fused-ring (bicyclic) bond motifs is 1. The van der Waals surface area contributed by atoms with E-state index in [1.807, 2.05) is 72.4 Å². The summed E-state index contributed by atoms with van der Waals surface area (Å²) < 4.78 is 9.06. The molecule has 1 spiro atoms. The summed E-state index contributed by atoms with van der Waals surface area (Å²) in [6, 6.07) is 18.7. The first-order valence-corrected chi connectivity index (χ1v) is 17.4. The van der Waals surface area contributed by atoms with Gasteiger partial charge in [-0.15, -0.1) is 0 Å². The number of nitrogens with zero attached hydrogens (tertiary/aromatic N) is 7. The molecule has 258 valence electrons. The number of benzene rings is 2. The SMILES string of the molecule is C=C(CN1CCC12COC2)C(=O)N(C)Cc1cccc([C@@H]2c3cnn(-c4ccccc4)c3N(CC)C(=O)[C@H]2NC(=O)c2ccn(C3CC3)n2)c1. The highest BCUT2D eigenvalue weighted by Gasteiger charge is 2.51. The van der Waals surface area contributed by atoms with Gasteiger partial charge in [-0.3, -0.25) is 28.9 Å². The summed E-state index contributed by atoms with van der Waals surface area (Å²) >= 11 is 0. The van der Waals surface area contributed by atoms with E-state index < -0.39 is 17.9 Å². The van der Waals surface area contributed by atoms with Crippen LogP contribution in [0.15, 0.2) is 85.2 Å². The van der Waals surface area contributed by atoms with E-state index in [0.717, 1.165) is 48.2 Å². The van der Waals surface area contributed by atoms with E-state index in [4.69, 9.17) is 9.84 Å². The fourth-order valence-electron chi connectivity index (χ4n) is 7.53. The third kappa shape index (κ3) is 5.62. The van der Waals surface area contributed by atoms with E-state index in [1.165, 1.54) is 0 Å². The molecule has 8 rings (SSSR count). The van der Waals surface area contributed by atoms with E-state index in [0.29, 0.717) is 50.3 Å². The topological polar surface area (TPSA) is 118 Å². The van der Waals surface area contributed by atoms with Crippen molar-refractivity contribution in [3.8, 4) is 5.69 Å². The second-order valence-corrected chi connectivity index (χ2v) is 14.0. The second kappa shape index (κ2) is 12.7. The minimum atomic E-state index is -0.914. The van der Waals surface area contributed by atoms with Crippen molar-refractivity contribution >= 4 is 23.5 Å². The third-order valence-electron chi connectivity index (χ3n) is 10.6. The van der Waals surface area contributed by atoms with Gasteiger partial charge in [0.25, 0.3) is 17.7 Å². The molecule has 1 N–H and O–H groups in total.